The summed E-state index contributed by atoms with van der Waals surface area (Å²) in [6.45, 7) is 3.01. The second-order valence-corrected chi connectivity index (χ2v) is 3.74. The number of urea groups is 1. The first kappa shape index (κ1) is 10.0. The summed E-state index contributed by atoms with van der Waals surface area (Å²) in [5, 5.41) is 0. The van der Waals surface area contributed by atoms with E-state index in [1.54, 1.807) is 23.9 Å². The Balaban J connectivity index is 2.55. The molecule has 1 unspecified atom stereocenters. The predicted molar refractivity (Wildman–Crippen MR) is 49.4 cm³/mol. The van der Waals surface area contributed by atoms with Crippen molar-refractivity contribution < 1.29 is 9.59 Å². The van der Waals surface area contributed by atoms with Crippen molar-refractivity contribution in [3.8, 4) is 0 Å². The Hall–Kier alpha value is -1.06. The van der Waals surface area contributed by atoms with Crippen LogP contribution in [0.15, 0.2) is 0 Å². The van der Waals surface area contributed by atoms with Crippen molar-refractivity contribution in [1.29, 1.82) is 0 Å². The number of Topliss-reactive ketones (excluding diaryl/α,β-unsaturated/α-hetero) is 1. The molecule has 0 aliphatic carbocycles. The summed E-state index contributed by atoms with van der Waals surface area (Å²) >= 11 is 0. The average Bonchev–Trinajstić information content (AvgIpc) is 2.08. The summed E-state index contributed by atoms with van der Waals surface area (Å²) in [6, 6.07) is -0.000602. The SMILES string of the molecule is CC1CN(C(=O)N(C)C)CCC1=O. The van der Waals surface area contributed by atoms with Crippen molar-refractivity contribution in [3.05, 3.63) is 0 Å². The van der Waals surface area contributed by atoms with Gasteiger partial charge in [0.05, 0.1) is 0 Å². The van der Waals surface area contributed by atoms with E-state index in [-0.39, 0.29) is 17.7 Å². The van der Waals surface area contributed by atoms with Crippen LogP contribution in [0.5, 0.6) is 0 Å². The zero-order valence-corrected chi connectivity index (χ0v) is 8.41. The molecule has 0 bridgehead atoms. The highest BCUT2D eigenvalue weighted by Gasteiger charge is 2.27. The van der Waals surface area contributed by atoms with Gasteiger partial charge in [0.2, 0.25) is 0 Å². The van der Waals surface area contributed by atoms with E-state index in [4.69, 9.17) is 0 Å². The van der Waals surface area contributed by atoms with Gasteiger partial charge in [0, 0.05) is 39.5 Å². The number of carbonyl (C=O) groups excluding carboxylic acids is 2. The van der Waals surface area contributed by atoms with Gasteiger partial charge in [0.25, 0.3) is 0 Å². The summed E-state index contributed by atoms with van der Waals surface area (Å²) in [5.74, 6) is 0.264. The number of hydrogen-bond acceptors (Lipinski definition) is 2. The van der Waals surface area contributed by atoms with Gasteiger partial charge in [-0.3, -0.25) is 4.79 Å². The monoisotopic (exact) mass is 184 g/mol. The molecule has 2 amide bonds. The summed E-state index contributed by atoms with van der Waals surface area (Å²) in [5.41, 5.74) is 0. The van der Waals surface area contributed by atoms with E-state index in [9.17, 15) is 9.59 Å². The third-order valence-corrected chi connectivity index (χ3v) is 2.33. The summed E-state index contributed by atoms with van der Waals surface area (Å²) in [4.78, 5) is 25.9. The van der Waals surface area contributed by atoms with Crippen molar-refractivity contribution in [2.45, 2.75) is 13.3 Å². The average molecular weight is 184 g/mol. The molecule has 0 saturated carbocycles. The normalized spacial score (nSPS) is 23.2. The van der Waals surface area contributed by atoms with Crippen LogP contribution < -0.4 is 0 Å². The summed E-state index contributed by atoms with van der Waals surface area (Å²) in [6.07, 6.45) is 0.501. The number of amides is 2. The van der Waals surface area contributed by atoms with Crippen LogP contribution >= 0.6 is 0 Å². The van der Waals surface area contributed by atoms with E-state index in [0.717, 1.165) is 0 Å². The molecule has 0 aromatic rings. The first-order valence-electron chi connectivity index (χ1n) is 4.51. The predicted octanol–water partition coefficient (Wildman–Crippen LogP) is 0.579. The minimum Gasteiger partial charge on any atom is -0.331 e. The van der Waals surface area contributed by atoms with Crippen LogP contribution in [0.2, 0.25) is 0 Å². The molecular formula is C9H16N2O2. The Morgan fingerprint density at radius 2 is 2.15 bits per heavy atom. The molecule has 74 valence electrons. The van der Waals surface area contributed by atoms with Crippen LogP contribution in [0.4, 0.5) is 4.79 Å². The zero-order valence-electron chi connectivity index (χ0n) is 8.41. The molecule has 1 atom stereocenters. The molecule has 1 aliphatic rings. The molecule has 0 spiro atoms. The Kier molecular flexibility index (Phi) is 2.90. The third kappa shape index (κ3) is 2.20. The molecule has 0 radical (unpaired) electrons. The van der Waals surface area contributed by atoms with Crippen molar-refractivity contribution in [3.63, 3.8) is 0 Å². The number of ketones is 1. The summed E-state index contributed by atoms with van der Waals surface area (Å²) in [7, 11) is 3.45. The maximum atomic E-state index is 11.5. The highest BCUT2D eigenvalue weighted by molar-refractivity contribution is 5.84. The van der Waals surface area contributed by atoms with E-state index in [1.165, 1.54) is 0 Å². The van der Waals surface area contributed by atoms with E-state index in [0.29, 0.717) is 19.5 Å². The van der Waals surface area contributed by atoms with E-state index < -0.39 is 0 Å². The van der Waals surface area contributed by atoms with Gasteiger partial charge in [-0.25, -0.2) is 4.79 Å². The fourth-order valence-corrected chi connectivity index (χ4v) is 1.47. The maximum Gasteiger partial charge on any atom is 0.319 e. The van der Waals surface area contributed by atoms with Crippen LogP contribution in [-0.2, 0) is 4.79 Å². The largest absolute Gasteiger partial charge is 0.331 e. The van der Waals surface area contributed by atoms with Crippen molar-refractivity contribution in [2.75, 3.05) is 27.2 Å². The fraction of sp³-hybridized carbons (Fsp3) is 0.778. The number of likely N-dealkylation sites (tertiary alicyclic amines) is 1. The van der Waals surface area contributed by atoms with Gasteiger partial charge >= 0.3 is 6.03 Å². The van der Waals surface area contributed by atoms with Gasteiger partial charge in [-0.1, -0.05) is 6.92 Å². The van der Waals surface area contributed by atoms with Crippen LogP contribution in [0.25, 0.3) is 0 Å². The van der Waals surface area contributed by atoms with E-state index >= 15 is 0 Å². The Labute approximate surface area is 78.5 Å². The Bertz CT molecular complexity index is 226. The first-order chi connectivity index (χ1) is 6.02. The number of carbonyl (C=O) groups is 2. The molecule has 4 nitrogen and oxygen atoms in total. The lowest BCUT2D eigenvalue weighted by molar-refractivity contribution is -0.124. The topological polar surface area (TPSA) is 40.6 Å². The molecule has 0 aromatic heterocycles. The van der Waals surface area contributed by atoms with Gasteiger partial charge in [0.1, 0.15) is 5.78 Å². The number of piperidine rings is 1. The molecular weight excluding hydrogens is 168 g/mol. The molecule has 1 heterocycles. The number of rotatable bonds is 0. The highest BCUT2D eigenvalue weighted by Crippen LogP contribution is 2.12. The van der Waals surface area contributed by atoms with E-state index in [1.807, 2.05) is 6.92 Å². The van der Waals surface area contributed by atoms with Gasteiger partial charge in [-0.05, 0) is 0 Å². The highest BCUT2D eigenvalue weighted by atomic mass is 16.2. The quantitative estimate of drug-likeness (QED) is 0.552. The molecule has 4 heteroatoms. The van der Waals surface area contributed by atoms with Crippen molar-refractivity contribution >= 4 is 11.8 Å². The standard InChI is InChI=1S/C9H16N2O2/c1-7-6-11(5-4-8(7)12)9(13)10(2)3/h7H,4-6H2,1-3H3. The Morgan fingerprint density at radius 3 is 2.62 bits per heavy atom. The van der Waals surface area contributed by atoms with Crippen molar-refractivity contribution in [2.24, 2.45) is 5.92 Å². The van der Waals surface area contributed by atoms with Gasteiger partial charge < -0.3 is 9.80 Å². The Morgan fingerprint density at radius 1 is 1.54 bits per heavy atom. The molecule has 1 aliphatic heterocycles. The minimum atomic E-state index is -0.00218. The molecule has 13 heavy (non-hydrogen) atoms. The van der Waals surface area contributed by atoms with Crippen LogP contribution in [0.1, 0.15) is 13.3 Å². The minimum absolute atomic E-state index is 0.000602. The van der Waals surface area contributed by atoms with Crippen molar-refractivity contribution in [1.82, 2.24) is 9.80 Å². The lowest BCUT2D eigenvalue weighted by atomic mass is 9.99. The molecule has 1 fully saturated rings. The molecule has 0 aromatic carbocycles. The van der Waals surface area contributed by atoms with Gasteiger partial charge in [-0.2, -0.15) is 0 Å². The van der Waals surface area contributed by atoms with Crippen LogP contribution in [-0.4, -0.2) is 48.8 Å². The molecule has 1 saturated heterocycles. The second-order valence-electron chi connectivity index (χ2n) is 3.74. The zero-order chi connectivity index (χ0) is 10.0. The van der Waals surface area contributed by atoms with Crippen LogP contribution in [0.3, 0.4) is 0 Å². The third-order valence-electron chi connectivity index (χ3n) is 2.33. The number of nitrogens with zero attached hydrogens (tertiary/aromatic N) is 2. The summed E-state index contributed by atoms with van der Waals surface area (Å²) < 4.78 is 0. The number of hydrogen-bond donors (Lipinski definition) is 0. The van der Waals surface area contributed by atoms with Gasteiger partial charge in [-0.15, -0.1) is 0 Å². The van der Waals surface area contributed by atoms with Gasteiger partial charge in [0.15, 0.2) is 0 Å². The maximum absolute atomic E-state index is 11.5. The lowest BCUT2D eigenvalue weighted by Gasteiger charge is -2.31. The second kappa shape index (κ2) is 3.77. The first-order valence-corrected chi connectivity index (χ1v) is 4.51. The fourth-order valence-electron chi connectivity index (χ4n) is 1.47. The smallest absolute Gasteiger partial charge is 0.319 e. The lowest BCUT2D eigenvalue weighted by Crippen LogP contribution is -2.47. The van der Waals surface area contributed by atoms with E-state index in [2.05, 4.69) is 0 Å². The molecule has 1 rings (SSSR count). The molecule has 0 N–H and O–H groups in total. The van der Waals surface area contributed by atoms with Crippen LogP contribution in [0, 0.1) is 5.92 Å².